The van der Waals surface area contributed by atoms with Crippen molar-refractivity contribution in [2.75, 3.05) is 27.2 Å². The van der Waals surface area contributed by atoms with Crippen molar-refractivity contribution < 1.29 is 19.4 Å². The standard InChI is InChI=1S/C17H16N4O6/c1-18(2)4-3-5-19-16(22)13-8-11(20(24)25)6-10-7-12(21(26)27)9-14(15(10)13)17(19)23/h6-9H,3-5H2,1-2H3. The summed E-state index contributed by atoms with van der Waals surface area (Å²) in [6, 6.07) is 4.51. The zero-order valence-corrected chi connectivity index (χ0v) is 14.7. The minimum absolute atomic E-state index is 0.00792. The van der Waals surface area contributed by atoms with E-state index in [1.54, 1.807) is 0 Å². The maximum Gasteiger partial charge on any atom is 0.270 e. The first kappa shape index (κ1) is 18.4. The van der Waals surface area contributed by atoms with E-state index in [1.807, 2.05) is 19.0 Å². The van der Waals surface area contributed by atoms with E-state index in [4.69, 9.17) is 0 Å². The first-order valence-corrected chi connectivity index (χ1v) is 8.12. The zero-order chi connectivity index (χ0) is 19.9. The van der Waals surface area contributed by atoms with E-state index in [1.165, 1.54) is 0 Å². The summed E-state index contributed by atoms with van der Waals surface area (Å²) < 4.78 is 0. The summed E-state index contributed by atoms with van der Waals surface area (Å²) in [5.41, 5.74) is -0.707. The summed E-state index contributed by atoms with van der Waals surface area (Å²) in [5, 5.41) is 22.8. The maximum atomic E-state index is 12.8. The number of non-ortho nitro benzene ring substituents is 2. The van der Waals surface area contributed by atoms with Gasteiger partial charge in [0.25, 0.3) is 23.2 Å². The quantitative estimate of drug-likeness (QED) is 0.432. The fourth-order valence-corrected chi connectivity index (χ4v) is 3.16. The number of benzene rings is 2. The highest BCUT2D eigenvalue weighted by atomic mass is 16.6. The minimum atomic E-state index is -0.672. The van der Waals surface area contributed by atoms with Gasteiger partial charge >= 0.3 is 0 Å². The molecule has 0 saturated carbocycles. The first-order chi connectivity index (χ1) is 12.7. The summed E-state index contributed by atoms with van der Waals surface area (Å²) in [6.07, 6.45) is 0.507. The number of nitro benzene ring substituents is 2. The van der Waals surface area contributed by atoms with Gasteiger partial charge in [0.2, 0.25) is 0 Å². The second-order valence-electron chi connectivity index (χ2n) is 6.52. The number of hydrogen-bond acceptors (Lipinski definition) is 7. The van der Waals surface area contributed by atoms with Gasteiger partial charge < -0.3 is 4.90 Å². The van der Waals surface area contributed by atoms with Crippen LogP contribution in [0.1, 0.15) is 27.1 Å². The number of amides is 2. The number of carbonyl (C=O) groups is 2. The summed E-state index contributed by atoms with van der Waals surface area (Å²) in [4.78, 5) is 49.6. The van der Waals surface area contributed by atoms with Crippen molar-refractivity contribution >= 4 is 34.0 Å². The average molecular weight is 372 g/mol. The summed E-state index contributed by atoms with van der Waals surface area (Å²) >= 11 is 0. The van der Waals surface area contributed by atoms with Crippen LogP contribution in [0.4, 0.5) is 11.4 Å². The van der Waals surface area contributed by atoms with Crippen molar-refractivity contribution in [3.63, 3.8) is 0 Å². The summed E-state index contributed by atoms with van der Waals surface area (Å²) in [6.45, 7) is 0.741. The van der Waals surface area contributed by atoms with Crippen molar-refractivity contribution in [3.05, 3.63) is 55.6 Å². The van der Waals surface area contributed by atoms with Crippen LogP contribution in [0.5, 0.6) is 0 Å². The normalized spacial score (nSPS) is 13.5. The fourth-order valence-electron chi connectivity index (χ4n) is 3.16. The molecule has 0 bridgehead atoms. The number of imide groups is 1. The molecule has 27 heavy (non-hydrogen) atoms. The Labute approximate surface area is 153 Å². The molecule has 0 saturated heterocycles. The monoisotopic (exact) mass is 372 g/mol. The van der Waals surface area contributed by atoms with Crippen LogP contribution in [0.2, 0.25) is 0 Å². The van der Waals surface area contributed by atoms with Gasteiger partial charge in [-0.25, -0.2) is 0 Å². The van der Waals surface area contributed by atoms with Crippen LogP contribution >= 0.6 is 0 Å². The largest absolute Gasteiger partial charge is 0.309 e. The molecule has 1 aliphatic heterocycles. The molecular formula is C17H16N4O6. The average Bonchev–Trinajstić information content (AvgIpc) is 2.60. The van der Waals surface area contributed by atoms with E-state index in [0.29, 0.717) is 13.0 Å². The molecule has 3 rings (SSSR count). The Balaban J connectivity index is 2.19. The molecule has 1 aliphatic rings. The van der Waals surface area contributed by atoms with Gasteiger partial charge in [-0.15, -0.1) is 0 Å². The molecule has 0 N–H and O–H groups in total. The second kappa shape index (κ2) is 6.72. The van der Waals surface area contributed by atoms with Gasteiger partial charge in [-0.05, 0) is 32.4 Å². The molecule has 0 spiro atoms. The van der Waals surface area contributed by atoms with E-state index < -0.39 is 21.7 Å². The molecule has 0 atom stereocenters. The molecule has 0 aromatic heterocycles. The predicted octanol–water partition coefficient (Wildman–Crippen LogP) is 2.20. The number of rotatable bonds is 6. The van der Waals surface area contributed by atoms with Crippen LogP contribution in [0, 0.1) is 20.2 Å². The van der Waals surface area contributed by atoms with Crippen molar-refractivity contribution in [1.29, 1.82) is 0 Å². The Morgan fingerprint density at radius 2 is 1.41 bits per heavy atom. The SMILES string of the molecule is CN(C)CCCN1C(=O)c2cc([N+](=O)[O-])cc3cc([N+](=O)[O-])cc(c23)C1=O. The molecular weight excluding hydrogens is 356 g/mol. The van der Waals surface area contributed by atoms with Crippen LogP contribution < -0.4 is 0 Å². The van der Waals surface area contributed by atoms with Crippen LogP contribution in [-0.2, 0) is 0 Å². The maximum absolute atomic E-state index is 12.8. The highest BCUT2D eigenvalue weighted by Crippen LogP contribution is 2.36. The van der Waals surface area contributed by atoms with Crippen LogP contribution in [0.15, 0.2) is 24.3 Å². The lowest BCUT2D eigenvalue weighted by atomic mass is 9.92. The lowest BCUT2D eigenvalue weighted by Gasteiger charge is -2.27. The Bertz CT molecular complexity index is 932. The molecule has 0 fully saturated rings. The third kappa shape index (κ3) is 3.22. The number of nitrogens with zero attached hydrogens (tertiary/aromatic N) is 4. The van der Waals surface area contributed by atoms with Gasteiger partial charge in [-0.2, -0.15) is 0 Å². The van der Waals surface area contributed by atoms with Gasteiger partial charge in [0.1, 0.15) is 0 Å². The van der Waals surface area contributed by atoms with E-state index >= 15 is 0 Å². The molecule has 2 amide bonds. The second-order valence-corrected chi connectivity index (χ2v) is 6.52. The Hall–Kier alpha value is -3.40. The number of hydrogen-bond donors (Lipinski definition) is 0. The molecule has 1 heterocycles. The third-order valence-electron chi connectivity index (χ3n) is 4.38. The van der Waals surface area contributed by atoms with Crippen molar-refractivity contribution in [2.45, 2.75) is 6.42 Å². The summed E-state index contributed by atoms with van der Waals surface area (Å²) in [7, 11) is 3.70. The Kier molecular flexibility index (Phi) is 4.58. The van der Waals surface area contributed by atoms with Gasteiger partial charge in [-0.1, -0.05) is 0 Å². The number of carbonyl (C=O) groups excluding carboxylic acids is 2. The predicted molar refractivity (Wildman–Crippen MR) is 95.8 cm³/mol. The van der Waals surface area contributed by atoms with Gasteiger partial charge in [0.15, 0.2) is 0 Å². The fraction of sp³-hybridized carbons (Fsp3) is 0.294. The molecule has 10 heteroatoms. The molecule has 0 radical (unpaired) electrons. The Morgan fingerprint density at radius 1 is 0.926 bits per heavy atom. The van der Waals surface area contributed by atoms with Crippen LogP contribution in [-0.4, -0.2) is 58.6 Å². The summed E-state index contributed by atoms with van der Waals surface area (Å²) in [5.74, 6) is -1.26. The van der Waals surface area contributed by atoms with E-state index in [0.717, 1.165) is 29.2 Å². The molecule has 140 valence electrons. The van der Waals surface area contributed by atoms with Crippen molar-refractivity contribution in [3.8, 4) is 0 Å². The Morgan fingerprint density at radius 3 is 1.81 bits per heavy atom. The molecule has 0 unspecified atom stereocenters. The smallest absolute Gasteiger partial charge is 0.270 e. The van der Waals surface area contributed by atoms with E-state index in [9.17, 15) is 29.8 Å². The highest BCUT2D eigenvalue weighted by molar-refractivity contribution is 6.26. The molecule has 10 nitrogen and oxygen atoms in total. The lowest BCUT2D eigenvalue weighted by Crippen LogP contribution is -2.41. The third-order valence-corrected chi connectivity index (χ3v) is 4.38. The molecule has 2 aromatic rings. The van der Waals surface area contributed by atoms with Crippen molar-refractivity contribution in [1.82, 2.24) is 9.80 Å². The molecule has 0 aliphatic carbocycles. The minimum Gasteiger partial charge on any atom is -0.309 e. The van der Waals surface area contributed by atoms with Gasteiger partial charge in [0, 0.05) is 36.2 Å². The van der Waals surface area contributed by atoms with Crippen LogP contribution in [0.25, 0.3) is 10.8 Å². The van der Waals surface area contributed by atoms with E-state index in [2.05, 4.69) is 0 Å². The van der Waals surface area contributed by atoms with Crippen molar-refractivity contribution in [2.24, 2.45) is 0 Å². The highest BCUT2D eigenvalue weighted by Gasteiger charge is 2.35. The molecule has 2 aromatic carbocycles. The van der Waals surface area contributed by atoms with Gasteiger partial charge in [0.05, 0.1) is 21.0 Å². The first-order valence-electron chi connectivity index (χ1n) is 8.12. The topological polar surface area (TPSA) is 127 Å². The number of nitro groups is 2. The lowest BCUT2D eigenvalue weighted by molar-refractivity contribution is -0.385. The van der Waals surface area contributed by atoms with Crippen LogP contribution in [0.3, 0.4) is 0 Å². The van der Waals surface area contributed by atoms with Gasteiger partial charge in [-0.3, -0.25) is 34.7 Å². The zero-order valence-electron chi connectivity index (χ0n) is 14.7. The van der Waals surface area contributed by atoms with E-state index in [-0.39, 0.29) is 39.8 Å².